The molecule has 0 saturated heterocycles. The van der Waals surface area contributed by atoms with Crippen LogP contribution in [0.3, 0.4) is 0 Å². The SMILES string of the molecule is Cc1ccc2oc(C(=O)Cc3ccco3)cc2c1. The van der Waals surface area contributed by atoms with E-state index in [2.05, 4.69) is 0 Å². The molecule has 2 aromatic heterocycles. The van der Waals surface area contributed by atoms with E-state index < -0.39 is 0 Å². The van der Waals surface area contributed by atoms with Crippen molar-refractivity contribution in [1.29, 1.82) is 0 Å². The number of ketones is 1. The zero-order valence-electron chi connectivity index (χ0n) is 9.97. The Labute approximate surface area is 104 Å². The fraction of sp³-hybridized carbons (Fsp3) is 0.133. The predicted octanol–water partition coefficient (Wildman–Crippen LogP) is 3.76. The van der Waals surface area contributed by atoms with Crippen molar-refractivity contribution in [1.82, 2.24) is 0 Å². The Balaban J connectivity index is 1.92. The van der Waals surface area contributed by atoms with Gasteiger partial charge in [-0.1, -0.05) is 11.6 Å². The van der Waals surface area contributed by atoms with Gasteiger partial charge in [0.15, 0.2) is 5.76 Å². The fourth-order valence-corrected chi connectivity index (χ4v) is 1.96. The van der Waals surface area contributed by atoms with Crippen molar-refractivity contribution in [2.45, 2.75) is 13.3 Å². The minimum Gasteiger partial charge on any atom is -0.469 e. The molecule has 0 aliphatic heterocycles. The molecule has 3 rings (SSSR count). The third kappa shape index (κ3) is 1.95. The number of fused-ring (bicyclic) bond motifs is 1. The average Bonchev–Trinajstić information content (AvgIpc) is 2.96. The molecule has 3 aromatic rings. The third-order valence-electron chi connectivity index (χ3n) is 2.86. The highest BCUT2D eigenvalue weighted by atomic mass is 16.3. The molecule has 0 aliphatic carbocycles. The summed E-state index contributed by atoms with van der Waals surface area (Å²) in [6, 6.07) is 11.2. The van der Waals surface area contributed by atoms with Crippen LogP contribution < -0.4 is 0 Å². The van der Waals surface area contributed by atoms with Gasteiger partial charge >= 0.3 is 0 Å². The number of carbonyl (C=O) groups excluding carboxylic acids is 1. The summed E-state index contributed by atoms with van der Waals surface area (Å²) >= 11 is 0. The lowest BCUT2D eigenvalue weighted by Gasteiger charge is -1.93. The maximum atomic E-state index is 12.0. The van der Waals surface area contributed by atoms with Crippen LogP contribution in [0.25, 0.3) is 11.0 Å². The number of aryl methyl sites for hydroxylation is 1. The van der Waals surface area contributed by atoms with Crippen LogP contribution in [-0.4, -0.2) is 5.78 Å². The predicted molar refractivity (Wildman–Crippen MR) is 67.7 cm³/mol. The largest absolute Gasteiger partial charge is 0.469 e. The molecule has 1 aromatic carbocycles. The van der Waals surface area contributed by atoms with E-state index in [1.54, 1.807) is 24.5 Å². The first-order valence-corrected chi connectivity index (χ1v) is 5.78. The van der Waals surface area contributed by atoms with Crippen molar-refractivity contribution in [3.05, 3.63) is 59.7 Å². The molecule has 3 heteroatoms. The highest BCUT2D eigenvalue weighted by molar-refractivity contribution is 5.98. The lowest BCUT2D eigenvalue weighted by Crippen LogP contribution is -2.00. The van der Waals surface area contributed by atoms with Crippen LogP contribution >= 0.6 is 0 Å². The summed E-state index contributed by atoms with van der Waals surface area (Å²) in [5.41, 5.74) is 1.89. The lowest BCUT2D eigenvalue weighted by atomic mass is 10.1. The van der Waals surface area contributed by atoms with Crippen molar-refractivity contribution < 1.29 is 13.6 Å². The van der Waals surface area contributed by atoms with Crippen LogP contribution in [0.15, 0.2) is 51.5 Å². The Kier molecular flexibility index (Phi) is 2.52. The van der Waals surface area contributed by atoms with Gasteiger partial charge < -0.3 is 8.83 Å². The molecule has 0 fully saturated rings. The number of rotatable bonds is 3. The first-order valence-electron chi connectivity index (χ1n) is 5.78. The average molecular weight is 240 g/mol. The van der Waals surface area contributed by atoms with E-state index in [0.717, 1.165) is 16.5 Å². The second kappa shape index (κ2) is 4.18. The van der Waals surface area contributed by atoms with Gasteiger partial charge in [-0.05, 0) is 37.3 Å². The Morgan fingerprint density at radius 1 is 1.22 bits per heavy atom. The second-order valence-electron chi connectivity index (χ2n) is 4.33. The highest BCUT2D eigenvalue weighted by Gasteiger charge is 2.14. The molecule has 0 radical (unpaired) electrons. The van der Waals surface area contributed by atoms with Gasteiger partial charge in [0.2, 0.25) is 5.78 Å². The molecule has 0 atom stereocenters. The Morgan fingerprint density at radius 3 is 2.89 bits per heavy atom. The molecular weight excluding hydrogens is 228 g/mol. The summed E-state index contributed by atoms with van der Waals surface area (Å²) < 4.78 is 10.7. The number of hydrogen-bond donors (Lipinski definition) is 0. The number of Topliss-reactive ketones (excluding diaryl/α,β-unsaturated/α-hetero) is 1. The molecule has 0 spiro atoms. The molecule has 0 amide bonds. The van der Waals surface area contributed by atoms with E-state index in [1.165, 1.54) is 0 Å². The molecular formula is C15H12O3. The highest BCUT2D eigenvalue weighted by Crippen LogP contribution is 2.21. The third-order valence-corrected chi connectivity index (χ3v) is 2.86. The zero-order chi connectivity index (χ0) is 12.5. The van der Waals surface area contributed by atoms with Gasteiger partial charge in [-0.25, -0.2) is 0 Å². The normalized spacial score (nSPS) is 10.9. The summed E-state index contributed by atoms with van der Waals surface area (Å²) in [6.07, 6.45) is 1.79. The number of hydrogen-bond acceptors (Lipinski definition) is 3. The smallest absolute Gasteiger partial charge is 0.205 e. The first kappa shape index (κ1) is 10.8. The van der Waals surface area contributed by atoms with Crippen LogP contribution in [0.4, 0.5) is 0 Å². The van der Waals surface area contributed by atoms with Crippen molar-refractivity contribution in [2.75, 3.05) is 0 Å². The topological polar surface area (TPSA) is 43.4 Å². The molecule has 2 heterocycles. The van der Waals surface area contributed by atoms with Crippen LogP contribution in [-0.2, 0) is 6.42 Å². The fourth-order valence-electron chi connectivity index (χ4n) is 1.96. The Morgan fingerprint density at radius 2 is 2.11 bits per heavy atom. The number of benzene rings is 1. The van der Waals surface area contributed by atoms with Gasteiger partial charge in [0.25, 0.3) is 0 Å². The van der Waals surface area contributed by atoms with Gasteiger partial charge in [-0.2, -0.15) is 0 Å². The first-order chi connectivity index (χ1) is 8.72. The van der Waals surface area contributed by atoms with E-state index in [9.17, 15) is 4.79 Å². The zero-order valence-corrected chi connectivity index (χ0v) is 9.97. The van der Waals surface area contributed by atoms with E-state index in [0.29, 0.717) is 11.5 Å². The second-order valence-corrected chi connectivity index (χ2v) is 4.33. The molecule has 0 unspecified atom stereocenters. The van der Waals surface area contributed by atoms with Gasteiger partial charge in [0.1, 0.15) is 11.3 Å². The van der Waals surface area contributed by atoms with Crippen molar-refractivity contribution in [3.63, 3.8) is 0 Å². The van der Waals surface area contributed by atoms with Crippen LogP contribution in [0, 0.1) is 6.92 Å². The van der Waals surface area contributed by atoms with Crippen LogP contribution in [0.5, 0.6) is 0 Å². The standard InChI is InChI=1S/C15H12O3/c1-10-4-5-14-11(7-10)8-15(18-14)13(16)9-12-3-2-6-17-12/h2-8H,9H2,1H3. The molecule has 0 bridgehead atoms. The summed E-state index contributed by atoms with van der Waals surface area (Å²) in [7, 11) is 0. The van der Waals surface area contributed by atoms with Crippen molar-refractivity contribution in [2.24, 2.45) is 0 Å². The Bertz CT molecular complexity index is 690. The van der Waals surface area contributed by atoms with Crippen molar-refractivity contribution in [3.8, 4) is 0 Å². The van der Waals surface area contributed by atoms with Crippen molar-refractivity contribution >= 4 is 16.8 Å². The minimum absolute atomic E-state index is 0.0706. The van der Waals surface area contributed by atoms with Crippen LogP contribution in [0.1, 0.15) is 21.9 Å². The monoisotopic (exact) mass is 240 g/mol. The van der Waals surface area contributed by atoms with Gasteiger partial charge in [-0.15, -0.1) is 0 Å². The molecule has 90 valence electrons. The molecule has 0 saturated carbocycles. The molecule has 0 N–H and O–H groups in total. The number of furan rings is 2. The molecule has 3 nitrogen and oxygen atoms in total. The summed E-state index contributed by atoms with van der Waals surface area (Å²) in [5.74, 6) is 0.961. The Hall–Kier alpha value is -2.29. The van der Waals surface area contributed by atoms with Gasteiger partial charge in [0, 0.05) is 5.39 Å². The molecule has 0 aliphatic rings. The van der Waals surface area contributed by atoms with E-state index >= 15 is 0 Å². The summed E-state index contributed by atoms with van der Waals surface area (Å²) in [5, 5.41) is 0.956. The maximum absolute atomic E-state index is 12.0. The minimum atomic E-state index is -0.0706. The number of carbonyl (C=O) groups is 1. The van der Waals surface area contributed by atoms with E-state index in [4.69, 9.17) is 8.83 Å². The summed E-state index contributed by atoms with van der Waals surface area (Å²) in [6.45, 7) is 2.01. The van der Waals surface area contributed by atoms with Gasteiger partial charge in [0.05, 0.1) is 12.7 Å². The summed E-state index contributed by atoms with van der Waals surface area (Å²) in [4.78, 5) is 12.0. The van der Waals surface area contributed by atoms with Gasteiger partial charge in [-0.3, -0.25) is 4.79 Å². The van der Waals surface area contributed by atoms with E-state index in [-0.39, 0.29) is 12.2 Å². The quantitative estimate of drug-likeness (QED) is 0.654. The van der Waals surface area contributed by atoms with Crippen LogP contribution in [0.2, 0.25) is 0 Å². The van der Waals surface area contributed by atoms with E-state index in [1.807, 2.05) is 25.1 Å². The molecule has 18 heavy (non-hydrogen) atoms. The maximum Gasteiger partial charge on any atom is 0.205 e. The lowest BCUT2D eigenvalue weighted by molar-refractivity contribution is 0.0962.